The molecule has 0 saturated heterocycles. The van der Waals surface area contributed by atoms with Gasteiger partial charge in [0.1, 0.15) is 11.6 Å². The van der Waals surface area contributed by atoms with Crippen molar-refractivity contribution in [2.45, 2.75) is 33.3 Å². The molecule has 2 rings (SSSR count). The molecule has 0 unspecified atom stereocenters. The maximum Gasteiger partial charge on any atom is 0.130 e. The maximum absolute atomic E-state index is 5.75. The number of hydrogen-bond donors (Lipinski definition) is 1. The first kappa shape index (κ1) is 14.5. The molecule has 2 aromatic rings. The van der Waals surface area contributed by atoms with E-state index in [0.717, 1.165) is 28.4 Å². The van der Waals surface area contributed by atoms with E-state index < -0.39 is 0 Å². The molecule has 20 heavy (non-hydrogen) atoms. The first-order valence-corrected chi connectivity index (χ1v) is 6.90. The Hall–Kier alpha value is -1.94. The zero-order valence-corrected chi connectivity index (χ0v) is 12.3. The van der Waals surface area contributed by atoms with Gasteiger partial charge in [-0.05, 0) is 57.1 Å². The summed E-state index contributed by atoms with van der Waals surface area (Å²) in [6.45, 7) is 6.65. The highest BCUT2D eigenvalue weighted by Crippen LogP contribution is 2.25. The average molecular weight is 271 g/mol. The van der Waals surface area contributed by atoms with E-state index in [1.807, 2.05) is 39.0 Å². The van der Waals surface area contributed by atoms with E-state index in [4.69, 9.17) is 10.5 Å². The van der Waals surface area contributed by atoms with E-state index >= 15 is 0 Å². The van der Waals surface area contributed by atoms with Crippen LogP contribution in [0.15, 0.2) is 30.5 Å². The first-order valence-electron chi connectivity index (χ1n) is 6.90. The van der Waals surface area contributed by atoms with Crippen LogP contribution in [0.2, 0.25) is 0 Å². The zero-order valence-electron chi connectivity index (χ0n) is 12.3. The fourth-order valence-electron chi connectivity index (χ4n) is 2.00. The number of ether oxygens (including phenoxy) is 1. The second-order valence-electron chi connectivity index (χ2n) is 5.04. The first-order chi connectivity index (χ1) is 9.60. The van der Waals surface area contributed by atoms with Gasteiger partial charge in [0.25, 0.3) is 0 Å². The number of benzene rings is 1. The molecule has 0 amide bonds. The highest BCUT2D eigenvalue weighted by atomic mass is 16.5. The third-order valence-corrected chi connectivity index (χ3v) is 2.91. The Bertz CT molecular complexity index is 582. The van der Waals surface area contributed by atoms with Crippen molar-refractivity contribution >= 4 is 0 Å². The van der Waals surface area contributed by atoms with Gasteiger partial charge in [-0.3, -0.25) is 0 Å². The second kappa shape index (κ2) is 6.48. The van der Waals surface area contributed by atoms with Crippen LogP contribution in [0.4, 0.5) is 0 Å². The number of nitrogens with two attached hydrogens (primary N) is 1. The van der Waals surface area contributed by atoms with Gasteiger partial charge in [0.15, 0.2) is 0 Å². The predicted octanol–water partition coefficient (Wildman–Crippen LogP) is 2.74. The Kier molecular flexibility index (Phi) is 4.69. The fourth-order valence-corrected chi connectivity index (χ4v) is 2.00. The van der Waals surface area contributed by atoms with Gasteiger partial charge < -0.3 is 10.5 Å². The van der Waals surface area contributed by atoms with Crippen molar-refractivity contribution in [3.05, 3.63) is 41.9 Å². The monoisotopic (exact) mass is 271 g/mol. The Morgan fingerprint density at radius 3 is 2.70 bits per heavy atom. The summed E-state index contributed by atoms with van der Waals surface area (Å²) in [6.07, 6.45) is 2.65. The van der Waals surface area contributed by atoms with E-state index in [9.17, 15) is 0 Å². The summed E-state index contributed by atoms with van der Waals surface area (Å²) in [4.78, 5) is 8.75. The molecule has 4 nitrogen and oxygen atoms in total. The van der Waals surface area contributed by atoms with E-state index in [0.29, 0.717) is 13.0 Å². The van der Waals surface area contributed by atoms with Crippen molar-refractivity contribution in [1.29, 1.82) is 0 Å². The molecular formula is C16H21N3O. The summed E-state index contributed by atoms with van der Waals surface area (Å²) in [5.74, 6) is 1.70. The second-order valence-corrected chi connectivity index (χ2v) is 5.04. The van der Waals surface area contributed by atoms with Gasteiger partial charge in [-0.15, -0.1) is 0 Å². The van der Waals surface area contributed by atoms with Gasteiger partial charge in [0.05, 0.1) is 11.8 Å². The Morgan fingerprint density at radius 2 is 2.05 bits per heavy atom. The highest BCUT2D eigenvalue weighted by Gasteiger charge is 2.06. The minimum Gasteiger partial charge on any atom is -0.491 e. The van der Waals surface area contributed by atoms with Crippen molar-refractivity contribution in [3.8, 4) is 17.0 Å². The van der Waals surface area contributed by atoms with Crippen LogP contribution in [0.3, 0.4) is 0 Å². The van der Waals surface area contributed by atoms with Crippen LogP contribution >= 0.6 is 0 Å². The average Bonchev–Trinajstić information content (AvgIpc) is 2.41. The van der Waals surface area contributed by atoms with Crippen LogP contribution in [0, 0.1) is 6.92 Å². The summed E-state index contributed by atoms with van der Waals surface area (Å²) in [5, 5.41) is 0. The lowest BCUT2D eigenvalue weighted by atomic mass is 10.1. The predicted molar refractivity (Wildman–Crippen MR) is 80.7 cm³/mol. The smallest absolute Gasteiger partial charge is 0.130 e. The molecule has 1 heterocycles. The number of nitrogens with zero attached hydrogens (tertiary/aromatic N) is 2. The quantitative estimate of drug-likeness (QED) is 0.908. The molecule has 0 fully saturated rings. The van der Waals surface area contributed by atoms with Crippen molar-refractivity contribution < 1.29 is 4.74 Å². The molecule has 106 valence electrons. The summed E-state index contributed by atoms with van der Waals surface area (Å²) in [5.41, 5.74) is 8.64. The van der Waals surface area contributed by atoms with E-state index in [1.165, 1.54) is 0 Å². The number of aryl methyl sites for hydroxylation is 1. The molecule has 0 bridgehead atoms. The van der Waals surface area contributed by atoms with Crippen molar-refractivity contribution in [2.24, 2.45) is 5.73 Å². The summed E-state index contributed by atoms with van der Waals surface area (Å²) in [7, 11) is 0. The fraction of sp³-hybridized carbons (Fsp3) is 0.375. The molecule has 1 aromatic carbocycles. The maximum atomic E-state index is 5.75. The van der Waals surface area contributed by atoms with Crippen molar-refractivity contribution in [3.63, 3.8) is 0 Å². The minimum atomic E-state index is 0.176. The number of rotatable bonds is 5. The Balaban J connectivity index is 2.29. The summed E-state index contributed by atoms with van der Waals surface area (Å²) >= 11 is 0. The third-order valence-electron chi connectivity index (χ3n) is 2.91. The molecule has 0 radical (unpaired) electrons. The van der Waals surface area contributed by atoms with Gasteiger partial charge in [-0.25, -0.2) is 9.97 Å². The lowest BCUT2D eigenvalue weighted by molar-refractivity contribution is 0.241. The van der Waals surface area contributed by atoms with Crippen LogP contribution in [0.5, 0.6) is 5.75 Å². The van der Waals surface area contributed by atoms with Crippen LogP contribution in [0.1, 0.15) is 25.2 Å². The summed E-state index contributed by atoms with van der Waals surface area (Å²) in [6, 6.07) is 8.03. The van der Waals surface area contributed by atoms with Gasteiger partial charge in [0.2, 0.25) is 0 Å². The van der Waals surface area contributed by atoms with Crippen molar-refractivity contribution in [1.82, 2.24) is 9.97 Å². The number of hydrogen-bond acceptors (Lipinski definition) is 4. The highest BCUT2D eigenvalue weighted by molar-refractivity contribution is 5.61. The molecule has 0 spiro atoms. The van der Waals surface area contributed by atoms with Gasteiger partial charge in [-0.1, -0.05) is 0 Å². The van der Waals surface area contributed by atoms with Crippen LogP contribution < -0.4 is 10.5 Å². The SMILES string of the molecule is Cc1cc(-c2ccnc(CCN)n2)ccc1OC(C)C. The number of aromatic nitrogens is 2. The van der Waals surface area contributed by atoms with E-state index in [1.54, 1.807) is 6.20 Å². The van der Waals surface area contributed by atoms with E-state index in [2.05, 4.69) is 16.0 Å². The molecule has 0 saturated carbocycles. The molecule has 0 aliphatic heterocycles. The van der Waals surface area contributed by atoms with Crippen LogP contribution in [-0.4, -0.2) is 22.6 Å². The van der Waals surface area contributed by atoms with E-state index in [-0.39, 0.29) is 6.10 Å². The lowest BCUT2D eigenvalue weighted by Gasteiger charge is -2.13. The molecule has 4 heteroatoms. The zero-order chi connectivity index (χ0) is 14.5. The molecule has 2 N–H and O–H groups in total. The molecule has 0 atom stereocenters. The largest absolute Gasteiger partial charge is 0.491 e. The molecule has 1 aromatic heterocycles. The minimum absolute atomic E-state index is 0.176. The topological polar surface area (TPSA) is 61.0 Å². The van der Waals surface area contributed by atoms with Gasteiger partial charge >= 0.3 is 0 Å². The molecular weight excluding hydrogens is 250 g/mol. The van der Waals surface area contributed by atoms with Crippen molar-refractivity contribution in [2.75, 3.05) is 6.54 Å². The van der Waals surface area contributed by atoms with Crippen LogP contribution in [0.25, 0.3) is 11.3 Å². The van der Waals surface area contributed by atoms with Gasteiger partial charge in [0, 0.05) is 18.2 Å². The molecule has 0 aliphatic carbocycles. The standard InChI is InChI=1S/C16H21N3O/c1-11(2)20-15-5-4-13(10-12(15)3)14-7-9-18-16(19-14)6-8-17/h4-5,7,9-11H,6,8,17H2,1-3H3. The molecule has 0 aliphatic rings. The third kappa shape index (κ3) is 3.54. The Labute approximate surface area is 120 Å². The normalized spacial score (nSPS) is 10.8. The van der Waals surface area contributed by atoms with Crippen LogP contribution in [-0.2, 0) is 6.42 Å². The lowest BCUT2D eigenvalue weighted by Crippen LogP contribution is -2.07. The Morgan fingerprint density at radius 1 is 1.25 bits per heavy atom. The summed E-state index contributed by atoms with van der Waals surface area (Å²) < 4.78 is 5.75. The van der Waals surface area contributed by atoms with Gasteiger partial charge in [-0.2, -0.15) is 0 Å².